The van der Waals surface area contributed by atoms with Crippen molar-refractivity contribution >= 4 is 34.8 Å². The summed E-state index contributed by atoms with van der Waals surface area (Å²) >= 11 is 6.66. The molecule has 4 atom stereocenters. The van der Waals surface area contributed by atoms with Gasteiger partial charge in [0.15, 0.2) is 0 Å². The highest BCUT2D eigenvalue weighted by molar-refractivity contribution is 7.10. The number of hydrogen-bond acceptors (Lipinski definition) is 6. The number of carbonyl (C=O) groups is 2. The lowest BCUT2D eigenvalue weighted by atomic mass is 9.77. The number of benzene rings is 1. The lowest BCUT2D eigenvalue weighted by Crippen LogP contribution is -2.71. The highest BCUT2D eigenvalue weighted by atomic mass is 35.5. The van der Waals surface area contributed by atoms with E-state index < -0.39 is 63.4 Å². The molecule has 1 aromatic carbocycles. The van der Waals surface area contributed by atoms with Crippen molar-refractivity contribution < 1.29 is 45.4 Å². The van der Waals surface area contributed by atoms with Gasteiger partial charge >= 0.3 is 12.4 Å². The zero-order valence-corrected chi connectivity index (χ0v) is 27.5. The van der Waals surface area contributed by atoms with Crippen LogP contribution in [0.15, 0.2) is 48.0 Å². The molecule has 2 aliphatic heterocycles. The van der Waals surface area contributed by atoms with E-state index in [1.54, 1.807) is 23.1 Å². The molecule has 1 spiro atoms. The van der Waals surface area contributed by atoms with Crippen LogP contribution in [0.3, 0.4) is 0 Å². The Morgan fingerprint density at radius 3 is 2.52 bits per heavy atom. The van der Waals surface area contributed by atoms with Gasteiger partial charge in [-0.2, -0.15) is 26.3 Å². The van der Waals surface area contributed by atoms with E-state index >= 15 is 4.79 Å². The molecule has 1 unspecified atom stereocenters. The van der Waals surface area contributed by atoms with E-state index in [-0.39, 0.29) is 44.7 Å². The topological polar surface area (TPSA) is 72.0 Å². The molecule has 1 saturated heterocycles. The van der Waals surface area contributed by atoms with Crippen molar-refractivity contribution in [2.24, 2.45) is 5.92 Å². The second kappa shape index (κ2) is 12.5. The maximum atomic E-state index is 15.3. The molecule has 1 aliphatic carbocycles. The van der Waals surface area contributed by atoms with Crippen molar-refractivity contribution in [2.45, 2.75) is 68.6 Å². The lowest BCUT2D eigenvalue weighted by molar-refractivity contribution is -0.167. The monoisotopic (exact) mass is 715 g/mol. The van der Waals surface area contributed by atoms with Gasteiger partial charge in [0.1, 0.15) is 16.3 Å². The summed E-state index contributed by atoms with van der Waals surface area (Å²) in [5.41, 5.74) is -3.76. The van der Waals surface area contributed by atoms with Crippen molar-refractivity contribution in [1.29, 1.82) is 0 Å². The van der Waals surface area contributed by atoms with Crippen molar-refractivity contribution in [2.75, 3.05) is 26.8 Å². The third-order valence-electron chi connectivity index (χ3n) is 9.76. The molecule has 7 nitrogen and oxygen atoms in total. The quantitative estimate of drug-likeness (QED) is 0.233. The van der Waals surface area contributed by atoms with Crippen LogP contribution in [0.25, 0.3) is 0 Å². The van der Waals surface area contributed by atoms with E-state index in [9.17, 15) is 31.1 Å². The average molecular weight is 716 g/mol. The summed E-state index contributed by atoms with van der Waals surface area (Å²) in [7, 11) is 1.48. The number of methoxy groups -OCH3 is 1. The summed E-state index contributed by atoms with van der Waals surface area (Å²) in [5.74, 6) is -2.21. The number of likely N-dealkylation sites (tertiary alicyclic amines) is 1. The Labute approximate surface area is 281 Å². The van der Waals surface area contributed by atoms with Gasteiger partial charge in [0, 0.05) is 49.3 Å². The van der Waals surface area contributed by atoms with E-state index in [1.165, 1.54) is 12.0 Å². The fraction of sp³-hybridized carbons (Fsp3) is 0.485. The molecule has 2 amide bonds. The highest BCUT2D eigenvalue weighted by Gasteiger charge is 2.76. The van der Waals surface area contributed by atoms with Gasteiger partial charge < -0.3 is 19.3 Å². The maximum absolute atomic E-state index is 15.3. The molecule has 6 rings (SSSR count). The van der Waals surface area contributed by atoms with Crippen molar-refractivity contribution in [3.8, 4) is 5.75 Å². The predicted octanol–water partition coefficient (Wildman–Crippen LogP) is 7.83. The molecule has 3 aromatic rings. The molecule has 2 fully saturated rings. The van der Waals surface area contributed by atoms with Crippen LogP contribution < -0.4 is 4.74 Å². The van der Waals surface area contributed by atoms with Crippen LogP contribution in [-0.4, -0.2) is 64.5 Å². The first-order chi connectivity index (χ1) is 22.7. The number of ether oxygens (including phenoxy) is 2. The van der Waals surface area contributed by atoms with E-state index in [0.29, 0.717) is 29.2 Å². The van der Waals surface area contributed by atoms with Gasteiger partial charge in [-0.1, -0.05) is 31.0 Å². The number of alkyl halides is 6. The molecule has 1 saturated carbocycles. The number of nitrogens with zero attached hydrogens (tertiary/aromatic N) is 3. The second-order valence-electron chi connectivity index (χ2n) is 12.3. The number of halogens is 7. The Bertz CT molecular complexity index is 1720. The van der Waals surface area contributed by atoms with Crippen LogP contribution in [0.1, 0.15) is 70.7 Å². The number of amides is 2. The lowest BCUT2D eigenvalue weighted by Gasteiger charge is -2.52. The minimum absolute atomic E-state index is 0.00185. The standard InChI is InChI=1S/C33H32ClF6N3O4S/c1-3-20-16-30(20)31(47-22-15-26(48-18-22)33(38,39)40,10-5-12-43(30)28(44)27-24(32(35,36)37)6-4-11-41-27)29(45)42-13-9-19-14-21(34)7-8-23(19)25(42)17-46-2/h4,6-8,11,14-15,18,20,25H,3,5,9-10,12-13,16-17H2,1-2H3/t20-,25?,30+,31-/m1/s1. The first-order valence-corrected chi connectivity index (χ1v) is 16.7. The number of pyridine rings is 1. The van der Waals surface area contributed by atoms with Gasteiger partial charge in [-0.25, -0.2) is 0 Å². The SMILES string of the molecule is CC[C@@H]1C[C@]12N(C(=O)c1ncccc1C(F)(F)F)CCC[C@@]2(Oc1csc(C(F)(F)F)c1)C(=O)N1CCc2cc(Cl)ccc2C1COC. The number of rotatable bonds is 7. The van der Waals surface area contributed by atoms with Crippen LogP contribution in [-0.2, 0) is 28.3 Å². The molecule has 15 heteroatoms. The Morgan fingerprint density at radius 2 is 1.88 bits per heavy atom. The number of hydrogen-bond donors (Lipinski definition) is 0. The van der Waals surface area contributed by atoms with Crippen molar-refractivity contribution in [3.63, 3.8) is 0 Å². The largest absolute Gasteiger partial charge is 0.474 e. The van der Waals surface area contributed by atoms with E-state index in [0.717, 1.165) is 40.9 Å². The van der Waals surface area contributed by atoms with Crippen LogP contribution in [0, 0.1) is 5.92 Å². The first kappa shape index (κ1) is 34.5. The van der Waals surface area contributed by atoms with Crippen molar-refractivity contribution in [3.05, 3.63) is 80.3 Å². The Morgan fingerprint density at radius 1 is 1.10 bits per heavy atom. The highest BCUT2D eigenvalue weighted by Crippen LogP contribution is 2.63. The summed E-state index contributed by atoms with van der Waals surface area (Å²) < 4.78 is 95.4. The summed E-state index contributed by atoms with van der Waals surface area (Å²) in [5, 5.41) is 1.68. The molecule has 48 heavy (non-hydrogen) atoms. The number of aromatic nitrogens is 1. The number of piperidine rings is 1. The zero-order valence-electron chi connectivity index (χ0n) is 26.0. The van der Waals surface area contributed by atoms with E-state index in [4.69, 9.17) is 21.1 Å². The molecule has 4 heterocycles. The molecule has 0 bridgehead atoms. The van der Waals surface area contributed by atoms with Gasteiger partial charge in [0.25, 0.3) is 11.8 Å². The van der Waals surface area contributed by atoms with E-state index in [2.05, 4.69) is 4.98 Å². The third-order valence-corrected chi connectivity index (χ3v) is 10.9. The van der Waals surface area contributed by atoms with Crippen LogP contribution in [0.2, 0.25) is 5.02 Å². The molecule has 3 aliphatic rings. The molecule has 2 aromatic heterocycles. The van der Waals surface area contributed by atoms with Gasteiger partial charge in [-0.15, -0.1) is 11.3 Å². The predicted molar refractivity (Wildman–Crippen MR) is 165 cm³/mol. The zero-order chi connectivity index (χ0) is 34.6. The van der Waals surface area contributed by atoms with Crippen molar-refractivity contribution in [1.82, 2.24) is 14.8 Å². The van der Waals surface area contributed by atoms with Gasteiger partial charge in [-0.05, 0) is 60.6 Å². The molecule has 0 N–H and O–H groups in total. The summed E-state index contributed by atoms with van der Waals surface area (Å²) in [6.07, 6.45) is -7.29. The normalized spacial score (nSPS) is 25.6. The Kier molecular flexibility index (Phi) is 8.99. The van der Waals surface area contributed by atoms with Crippen LogP contribution in [0.4, 0.5) is 26.3 Å². The Hall–Kier alpha value is -3.36. The summed E-state index contributed by atoms with van der Waals surface area (Å²) in [6, 6.07) is 7.33. The number of carbonyl (C=O) groups excluding carboxylic acids is 2. The average Bonchev–Trinajstić information content (AvgIpc) is 3.57. The summed E-state index contributed by atoms with van der Waals surface area (Å²) in [6.45, 7) is 2.08. The second-order valence-corrected chi connectivity index (χ2v) is 13.7. The summed E-state index contributed by atoms with van der Waals surface area (Å²) in [4.78, 5) is 35.2. The Balaban J connectivity index is 1.50. The number of fused-ring (bicyclic) bond motifs is 1. The number of thiophene rings is 1. The van der Waals surface area contributed by atoms with Crippen LogP contribution in [0.5, 0.6) is 5.75 Å². The maximum Gasteiger partial charge on any atom is 0.425 e. The molecule has 258 valence electrons. The fourth-order valence-electron chi connectivity index (χ4n) is 7.65. The molecular weight excluding hydrogens is 684 g/mol. The van der Waals surface area contributed by atoms with Crippen LogP contribution >= 0.6 is 22.9 Å². The first-order valence-electron chi connectivity index (χ1n) is 15.4. The minimum atomic E-state index is -4.89. The third kappa shape index (κ3) is 5.73. The van der Waals surface area contributed by atoms with Gasteiger partial charge in [0.05, 0.1) is 23.8 Å². The van der Waals surface area contributed by atoms with Gasteiger partial charge in [-0.3, -0.25) is 14.6 Å². The minimum Gasteiger partial charge on any atom is -0.474 e. The molecular formula is C33H32ClF6N3O4S. The smallest absolute Gasteiger partial charge is 0.425 e. The van der Waals surface area contributed by atoms with E-state index in [1.807, 2.05) is 6.92 Å². The molecule has 0 radical (unpaired) electrons. The van der Waals surface area contributed by atoms with Gasteiger partial charge in [0.2, 0.25) is 5.60 Å². The fourth-order valence-corrected chi connectivity index (χ4v) is 8.52.